The minimum absolute atomic E-state index is 0.177. The van der Waals surface area contributed by atoms with Crippen molar-refractivity contribution in [2.24, 2.45) is 23.0 Å². The van der Waals surface area contributed by atoms with E-state index in [1.807, 2.05) is 0 Å². The van der Waals surface area contributed by atoms with Gasteiger partial charge in [0.05, 0.1) is 0 Å². The van der Waals surface area contributed by atoms with Gasteiger partial charge in [-0.25, -0.2) is 0 Å². The van der Waals surface area contributed by atoms with Crippen LogP contribution in [0.25, 0.3) is 0 Å². The Morgan fingerprint density at radius 3 is 2.05 bits per heavy atom. The number of nitrogens with zero attached hydrogens (tertiary/aromatic N) is 2. The highest BCUT2D eigenvalue weighted by Gasteiger charge is 2.40. The topological polar surface area (TPSA) is 66.6 Å². The molecular weight excluding hydrogens is 274 g/mol. The van der Waals surface area contributed by atoms with Crippen LogP contribution >= 0.6 is 0 Å². The van der Waals surface area contributed by atoms with Crippen LogP contribution in [0.1, 0.15) is 40.0 Å². The standard InChI is InChI=1S/C14H29N3O2S/c1-14(2,3)13-6-9-17(11-13)20(18,19)16-7-4-12(10-15)5-8-16/h12-13H,4-11,15H2,1-3H3. The Balaban J connectivity index is 1.98. The first-order chi connectivity index (χ1) is 9.25. The minimum Gasteiger partial charge on any atom is -0.330 e. The van der Waals surface area contributed by atoms with Crippen LogP contribution in [0.2, 0.25) is 0 Å². The van der Waals surface area contributed by atoms with Crippen LogP contribution < -0.4 is 5.73 Å². The first-order valence-corrected chi connectivity index (χ1v) is 9.10. The first kappa shape index (κ1) is 16.2. The summed E-state index contributed by atoms with van der Waals surface area (Å²) in [4.78, 5) is 0. The fourth-order valence-electron chi connectivity index (χ4n) is 3.18. The maximum absolute atomic E-state index is 12.7. The van der Waals surface area contributed by atoms with Gasteiger partial charge < -0.3 is 5.73 Å². The molecule has 0 aromatic rings. The molecule has 0 amide bonds. The van der Waals surface area contributed by atoms with Gasteiger partial charge in [-0.3, -0.25) is 0 Å². The molecule has 118 valence electrons. The Bertz CT molecular complexity index is 422. The first-order valence-electron chi connectivity index (χ1n) is 7.70. The summed E-state index contributed by atoms with van der Waals surface area (Å²) in [5, 5.41) is 0. The van der Waals surface area contributed by atoms with Gasteiger partial charge in [0.2, 0.25) is 0 Å². The Kier molecular flexibility index (Phi) is 4.79. The number of hydrogen-bond acceptors (Lipinski definition) is 3. The Morgan fingerprint density at radius 2 is 1.60 bits per heavy atom. The molecule has 0 spiro atoms. The van der Waals surface area contributed by atoms with E-state index in [-0.39, 0.29) is 5.41 Å². The zero-order chi connectivity index (χ0) is 15.0. The molecule has 2 fully saturated rings. The zero-order valence-electron chi connectivity index (χ0n) is 13.0. The van der Waals surface area contributed by atoms with Gasteiger partial charge in [-0.1, -0.05) is 20.8 Å². The molecule has 20 heavy (non-hydrogen) atoms. The molecule has 0 saturated carbocycles. The molecule has 2 N–H and O–H groups in total. The van der Waals surface area contributed by atoms with Crippen molar-refractivity contribution in [3.05, 3.63) is 0 Å². The molecule has 0 radical (unpaired) electrons. The second kappa shape index (κ2) is 5.91. The van der Waals surface area contributed by atoms with Crippen molar-refractivity contribution in [2.75, 3.05) is 32.7 Å². The van der Waals surface area contributed by atoms with Crippen LogP contribution in [-0.4, -0.2) is 49.8 Å². The van der Waals surface area contributed by atoms with E-state index in [1.165, 1.54) is 0 Å². The quantitative estimate of drug-likeness (QED) is 0.854. The molecule has 6 heteroatoms. The molecule has 2 aliphatic rings. The van der Waals surface area contributed by atoms with E-state index in [0.717, 1.165) is 19.3 Å². The lowest BCUT2D eigenvalue weighted by Gasteiger charge is -2.34. The molecule has 0 bridgehead atoms. The lowest BCUT2D eigenvalue weighted by Crippen LogP contribution is -2.47. The van der Waals surface area contributed by atoms with Crippen molar-refractivity contribution in [3.8, 4) is 0 Å². The zero-order valence-corrected chi connectivity index (χ0v) is 13.8. The van der Waals surface area contributed by atoms with Crippen molar-refractivity contribution in [1.29, 1.82) is 0 Å². The van der Waals surface area contributed by atoms with Crippen LogP contribution in [0.3, 0.4) is 0 Å². The third kappa shape index (κ3) is 3.35. The molecule has 0 aromatic heterocycles. The molecule has 1 atom stereocenters. The summed E-state index contributed by atoms with van der Waals surface area (Å²) in [6.07, 6.45) is 2.76. The van der Waals surface area contributed by atoms with Gasteiger partial charge >= 0.3 is 0 Å². The SMILES string of the molecule is CC(C)(C)C1CCN(S(=O)(=O)N2CCC(CN)CC2)C1. The third-order valence-electron chi connectivity index (χ3n) is 4.94. The maximum atomic E-state index is 12.7. The van der Waals surface area contributed by atoms with Gasteiger partial charge in [0.25, 0.3) is 10.2 Å². The largest absolute Gasteiger partial charge is 0.330 e. The number of hydrogen-bond donors (Lipinski definition) is 1. The normalized spacial score (nSPS) is 28.1. The summed E-state index contributed by atoms with van der Waals surface area (Å²) in [7, 11) is -3.26. The molecule has 1 unspecified atom stereocenters. The van der Waals surface area contributed by atoms with Crippen LogP contribution in [0.4, 0.5) is 0 Å². The van der Waals surface area contributed by atoms with E-state index in [2.05, 4.69) is 20.8 Å². The predicted molar refractivity (Wildman–Crippen MR) is 81.4 cm³/mol. The van der Waals surface area contributed by atoms with Gasteiger partial charge in [0.1, 0.15) is 0 Å². The third-order valence-corrected chi connectivity index (χ3v) is 6.94. The van der Waals surface area contributed by atoms with Gasteiger partial charge in [-0.2, -0.15) is 17.0 Å². The van der Waals surface area contributed by atoms with Crippen molar-refractivity contribution in [2.45, 2.75) is 40.0 Å². The molecule has 2 heterocycles. The van der Waals surface area contributed by atoms with Crippen molar-refractivity contribution in [1.82, 2.24) is 8.61 Å². The van der Waals surface area contributed by atoms with E-state index < -0.39 is 10.2 Å². The molecule has 0 aromatic carbocycles. The Hall–Kier alpha value is -0.170. The Labute approximate surface area is 123 Å². The van der Waals surface area contributed by atoms with Crippen LogP contribution in [0.5, 0.6) is 0 Å². The lowest BCUT2D eigenvalue weighted by atomic mass is 9.80. The summed E-state index contributed by atoms with van der Waals surface area (Å²) in [5.41, 5.74) is 5.84. The Morgan fingerprint density at radius 1 is 1.05 bits per heavy atom. The number of nitrogens with two attached hydrogens (primary N) is 1. The van der Waals surface area contributed by atoms with Gasteiger partial charge in [0, 0.05) is 26.2 Å². The summed E-state index contributed by atoms with van der Waals surface area (Å²) < 4.78 is 28.7. The average molecular weight is 303 g/mol. The number of piperidine rings is 1. The molecule has 2 rings (SSSR count). The molecule has 5 nitrogen and oxygen atoms in total. The van der Waals surface area contributed by atoms with Gasteiger partial charge in [-0.05, 0) is 43.1 Å². The van der Waals surface area contributed by atoms with Crippen molar-refractivity contribution < 1.29 is 8.42 Å². The molecule has 0 aliphatic carbocycles. The van der Waals surface area contributed by atoms with Gasteiger partial charge in [-0.15, -0.1) is 0 Å². The van der Waals surface area contributed by atoms with E-state index in [4.69, 9.17) is 5.73 Å². The van der Waals surface area contributed by atoms with Crippen LogP contribution in [-0.2, 0) is 10.2 Å². The maximum Gasteiger partial charge on any atom is 0.281 e. The van der Waals surface area contributed by atoms with Crippen LogP contribution in [0.15, 0.2) is 0 Å². The minimum atomic E-state index is -3.26. The summed E-state index contributed by atoms with van der Waals surface area (Å²) >= 11 is 0. The van der Waals surface area contributed by atoms with Crippen LogP contribution in [0, 0.1) is 17.3 Å². The van der Waals surface area contributed by atoms with E-state index in [1.54, 1.807) is 8.61 Å². The molecular formula is C14H29N3O2S. The lowest BCUT2D eigenvalue weighted by molar-refractivity contribution is 0.240. The fraction of sp³-hybridized carbons (Fsp3) is 1.00. The fourth-order valence-corrected chi connectivity index (χ4v) is 4.89. The number of rotatable bonds is 3. The van der Waals surface area contributed by atoms with Crippen molar-refractivity contribution in [3.63, 3.8) is 0 Å². The molecule has 2 saturated heterocycles. The summed E-state index contributed by atoms with van der Waals surface area (Å²) in [6.45, 7) is 9.84. The monoisotopic (exact) mass is 303 g/mol. The van der Waals surface area contributed by atoms with Gasteiger partial charge in [0.15, 0.2) is 0 Å². The second-order valence-electron chi connectivity index (χ2n) is 7.30. The average Bonchev–Trinajstić information content (AvgIpc) is 2.89. The molecule has 2 aliphatic heterocycles. The van der Waals surface area contributed by atoms with E-state index >= 15 is 0 Å². The predicted octanol–water partition coefficient (Wildman–Crippen LogP) is 1.27. The van der Waals surface area contributed by atoms with E-state index in [0.29, 0.717) is 44.6 Å². The second-order valence-corrected chi connectivity index (χ2v) is 9.22. The highest BCUT2D eigenvalue weighted by atomic mass is 32.2. The summed E-state index contributed by atoms with van der Waals surface area (Å²) in [6, 6.07) is 0. The van der Waals surface area contributed by atoms with Crippen molar-refractivity contribution >= 4 is 10.2 Å². The highest BCUT2D eigenvalue weighted by Crippen LogP contribution is 2.35. The summed E-state index contributed by atoms with van der Waals surface area (Å²) in [5.74, 6) is 0.946. The smallest absolute Gasteiger partial charge is 0.281 e. The van der Waals surface area contributed by atoms with E-state index in [9.17, 15) is 8.42 Å². The highest BCUT2D eigenvalue weighted by molar-refractivity contribution is 7.86.